The van der Waals surface area contributed by atoms with E-state index in [0.29, 0.717) is 32.2 Å². The number of anilines is 1. The molecule has 1 aromatic carbocycles. The minimum atomic E-state index is -0.420. The van der Waals surface area contributed by atoms with Crippen molar-refractivity contribution >= 4 is 17.8 Å². The van der Waals surface area contributed by atoms with Crippen molar-refractivity contribution in [3.8, 4) is 0 Å². The SMILES string of the molecule is Cc1ccc(/C=C/c2ccc(N(CCO)CCOCC(O)CC(C)C)cc2)cn1. The van der Waals surface area contributed by atoms with Crippen LogP contribution in [0.2, 0.25) is 0 Å². The van der Waals surface area contributed by atoms with Gasteiger partial charge in [0.25, 0.3) is 0 Å². The molecule has 0 radical (unpaired) electrons. The van der Waals surface area contributed by atoms with Gasteiger partial charge >= 0.3 is 0 Å². The summed E-state index contributed by atoms with van der Waals surface area (Å²) in [6.45, 7) is 8.30. The number of hydrogen-bond acceptors (Lipinski definition) is 5. The van der Waals surface area contributed by atoms with E-state index in [1.807, 2.05) is 31.3 Å². The zero-order chi connectivity index (χ0) is 21.1. The lowest BCUT2D eigenvalue weighted by Crippen LogP contribution is -2.31. The van der Waals surface area contributed by atoms with Crippen molar-refractivity contribution in [3.05, 3.63) is 59.4 Å². The first kappa shape index (κ1) is 23.1. The van der Waals surface area contributed by atoms with E-state index in [0.717, 1.165) is 28.9 Å². The molecule has 1 unspecified atom stereocenters. The van der Waals surface area contributed by atoms with Gasteiger partial charge in [-0.2, -0.15) is 0 Å². The molecule has 0 spiro atoms. The minimum absolute atomic E-state index is 0.0814. The van der Waals surface area contributed by atoms with Crippen LogP contribution in [0.4, 0.5) is 5.69 Å². The van der Waals surface area contributed by atoms with Crippen molar-refractivity contribution in [3.63, 3.8) is 0 Å². The van der Waals surface area contributed by atoms with Gasteiger partial charge in [0, 0.05) is 30.7 Å². The molecule has 2 N–H and O–H groups in total. The lowest BCUT2D eigenvalue weighted by molar-refractivity contribution is 0.0290. The van der Waals surface area contributed by atoms with Crippen LogP contribution in [0.15, 0.2) is 42.6 Å². The Morgan fingerprint density at radius 3 is 2.34 bits per heavy atom. The predicted octanol–water partition coefficient (Wildman–Crippen LogP) is 3.78. The van der Waals surface area contributed by atoms with Gasteiger partial charge in [-0.3, -0.25) is 4.98 Å². The predicted molar refractivity (Wildman–Crippen MR) is 120 cm³/mol. The second-order valence-corrected chi connectivity index (χ2v) is 7.73. The van der Waals surface area contributed by atoms with Crippen LogP contribution in [0.1, 0.15) is 37.1 Å². The Bertz CT molecular complexity index is 727. The van der Waals surface area contributed by atoms with Crippen molar-refractivity contribution < 1.29 is 14.9 Å². The quantitative estimate of drug-likeness (QED) is 0.533. The van der Waals surface area contributed by atoms with Crippen LogP contribution in [0.25, 0.3) is 12.2 Å². The highest BCUT2D eigenvalue weighted by Crippen LogP contribution is 2.17. The molecule has 0 aliphatic carbocycles. The first-order valence-corrected chi connectivity index (χ1v) is 10.3. The van der Waals surface area contributed by atoms with Crippen LogP contribution in [-0.2, 0) is 4.74 Å². The maximum absolute atomic E-state index is 9.89. The third-order valence-corrected chi connectivity index (χ3v) is 4.59. The summed E-state index contributed by atoms with van der Waals surface area (Å²) in [5.41, 5.74) is 4.22. The molecule has 1 atom stereocenters. The third-order valence-electron chi connectivity index (χ3n) is 4.59. The van der Waals surface area contributed by atoms with Crippen molar-refractivity contribution in [2.75, 3.05) is 37.8 Å². The van der Waals surface area contributed by atoms with Gasteiger partial charge in [-0.25, -0.2) is 0 Å². The van der Waals surface area contributed by atoms with E-state index >= 15 is 0 Å². The summed E-state index contributed by atoms with van der Waals surface area (Å²) < 4.78 is 5.62. The number of nitrogens with zero attached hydrogens (tertiary/aromatic N) is 2. The van der Waals surface area contributed by atoms with E-state index in [-0.39, 0.29) is 6.61 Å². The number of ether oxygens (including phenoxy) is 1. The summed E-state index contributed by atoms with van der Waals surface area (Å²) in [5, 5.41) is 19.3. The van der Waals surface area contributed by atoms with Gasteiger partial charge in [-0.05, 0) is 48.6 Å². The fourth-order valence-corrected chi connectivity index (χ4v) is 3.06. The number of benzene rings is 1. The van der Waals surface area contributed by atoms with Crippen LogP contribution in [-0.4, -0.2) is 54.2 Å². The molecule has 0 saturated heterocycles. The van der Waals surface area contributed by atoms with Crippen LogP contribution in [0.5, 0.6) is 0 Å². The zero-order valence-corrected chi connectivity index (χ0v) is 17.8. The second-order valence-electron chi connectivity index (χ2n) is 7.73. The molecule has 1 aromatic heterocycles. The van der Waals surface area contributed by atoms with E-state index in [1.54, 1.807) is 0 Å². The highest BCUT2D eigenvalue weighted by molar-refractivity contribution is 5.70. The Kier molecular flexibility index (Phi) is 9.84. The number of aliphatic hydroxyl groups excluding tert-OH is 2. The second kappa shape index (κ2) is 12.4. The molecular weight excluding hydrogens is 364 g/mol. The summed E-state index contributed by atoms with van der Waals surface area (Å²) in [6.07, 6.45) is 6.29. The average molecular weight is 399 g/mol. The molecule has 0 amide bonds. The minimum Gasteiger partial charge on any atom is -0.395 e. The summed E-state index contributed by atoms with van der Waals surface area (Å²) in [5.74, 6) is 0.453. The van der Waals surface area contributed by atoms with Crippen LogP contribution in [0.3, 0.4) is 0 Å². The van der Waals surface area contributed by atoms with Crippen molar-refractivity contribution in [1.29, 1.82) is 0 Å². The van der Waals surface area contributed by atoms with Gasteiger partial charge < -0.3 is 19.8 Å². The number of pyridine rings is 1. The van der Waals surface area contributed by atoms with Crippen LogP contribution in [0, 0.1) is 12.8 Å². The number of aliphatic hydroxyl groups is 2. The van der Waals surface area contributed by atoms with Crippen molar-refractivity contribution in [2.45, 2.75) is 33.3 Å². The monoisotopic (exact) mass is 398 g/mol. The van der Waals surface area contributed by atoms with Gasteiger partial charge in [-0.1, -0.05) is 44.2 Å². The highest BCUT2D eigenvalue weighted by atomic mass is 16.5. The molecule has 158 valence electrons. The molecule has 5 heteroatoms. The molecule has 1 heterocycles. The topological polar surface area (TPSA) is 65.8 Å². The summed E-state index contributed by atoms with van der Waals surface area (Å²) >= 11 is 0. The van der Waals surface area contributed by atoms with Crippen LogP contribution < -0.4 is 4.90 Å². The molecule has 0 aliphatic heterocycles. The standard InChI is InChI=1S/C24H34N2O3/c1-19(2)16-24(28)18-29-15-13-26(12-14-27)23-10-8-21(9-11-23)6-7-22-5-4-20(3)25-17-22/h4-11,17,19,24,27-28H,12-16,18H2,1-3H3/b7-6+. The molecular formula is C24H34N2O3. The van der Waals surface area contributed by atoms with Crippen LogP contribution >= 0.6 is 0 Å². The normalized spacial score (nSPS) is 12.6. The van der Waals surface area contributed by atoms with Gasteiger partial charge in [0.05, 0.1) is 25.9 Å². The van der Waals surface area contributed by atoms with E-state index in [4.69, 9.17) is 4.74 Å². The van der Waals surface area contributed by atoms with E-state index in [9.17, 15) is 10.2 Å². The smallest absolute Gasteiger partial charge is 0.0776 e. The lowest BCUT2D eigenvalue weighted by atomic mass is 10.1. The van der Waals surface area contributed by atoms with Crippen molar-refractivity contribution in [2.24, 2.45) is 5.92 Å². The molecule has 5 nitrogen and oxygen atoms in total. The fourth-order valence-electron chi connectivity index (χ4n) is 3.06. The third kappa shape index (κ3) is 8.77. The number of aromatic nitrogens is 1. The summed E-state index contributed by atoms with van der Waals surface area (Å²) in [4.78, 5) is 6.39. The summed E-state index contributed by atoms with van der Waals surface area (Å²) in [7, 11) is 0. The maximum Gasteiger partial charge on any atom is 0.0776 e. The first-order chi connectivity index (χ1) is 14.0. The molecule has 2 rings (SSSR count). The van der Waals surface area contributed by atoms with E-state index in [2.05, 4.69) is 54.1 Å². The molecule has 29 heavy (non-hydrogen) atoms. The highest BCUT2D eigenvalue weighted by Gasteiger charge is 2.09. The Balaban J connectivity index is 1.87. The molecule has 0 bridgehead atoms. The molecule has 0 saturated carbocycles. The average Bonchev–Trinajstić information content (AvgIpc) is 2.70. The molecule has 0 aliphatic rings. The zero-order valence-electron chi connectivity index (χ0n) is 17.8. The number of hydrogen-bond donors (Lipinski definition) is 2. The molecule has 0 fully saturated rings. The summed E-state index contributed by atoms with van der Waals surface area (Å²) in [6, 6.07) is 12.3. The largest absolute Gasteiger partial charge is 0.395 e. The number of aryl methyl sites for hydroxylation is 1. The Morgan fingerprint density at radius 1 is 1.03 bits per heavy atom. The van der Waals surface area contributed by atoms with Gasteiger partial charge in [0.1, 0.15) is 0 Å². The lowest BCUT2D eigenvalue weighted by Gasteiger charge is -2.24. The fraction of sp³-hybridized carbons (Fsp3) is 0.458. The van der Waals surface area contributed by atoms with E-state index < -0.39 is 6.10 Å². The van der Waals surface area contributed by atoms with Crippen molar-refractivity contribution in [1.82, 2.24) is 4.98 Å². The van der Waals surface area contributed by atoms with Gasteiger partial charge in [-0.15, -0.1) is 0 Å². The number of rotatable bonds is 12. The van der Waals surface area contributed by atoms with Gasteiger partial charge in [0.2, 0.25) is 0 Å². The Morgan fingerprint density at radius 2 is 1.72 bits per heavy atom. The Labute approximate surface area is 174 Å². The van der Waals surface area contributed by atoms with E-state index in [1.165, 1.54) is 0 Å². The first-order valence-electron chi connectivity index (χ1n) is 10.3. The van der Waals surface area contributed by atoms with Gasteiger partial charge in [0.15, 0.2) is 0 Å². The maximum atomic E-state index is 9.89. The molecule has 2 aromatic rings. The Hall–Kier alpha value is -2.21.